The van der Waals surface area contributed by atoms with Gasteiger partial charge >= 0.3 is 6.09 Å². The summed E-state index contributed by atoms with van der Waals surface area (Å²) >= 11 is 0. The lowest BCUT2D eigenvalue weighted by atomic mass is 9.84. The number of aliphatic imine (C=N–C) groups is 1. The van der Waals surface area contributed by atoms with Crippen molar-refractivity contribution in [2.75, 3.05) is 6.54 Å². The van der Waals surface area contributed by atoms with E-state index in [1.807, 2.05) is 31.7 Å². The second-order valence-electron chi connectivity index (χ2n) is 10.0. The molecule has 0 radical (unpaired) electrons. The minimum atomic E-state index is -0.494. The number of carbonyl (C=O) groups is 1. The van der Waals surface area contributed by atoms with Crippen molar-refractivity contribution in [3.8, 4) is 0 Å². The van der Waals surface area contributed by atoms with Crippen molar-refractivity contribution in [2.45, 2.75) is 85.8 Å². The zero-order valence-corrected chi connectivity index (χ0v) is 21.0. The van der Waals surface area contributed by atoms with E-state index in [9.17, 15) is 4.79 Å². The monoisotopic (exact) mass is 439 g/mol. The molecule has 5 heteroatoms. The van der Waals surface area contributed by atoms with Crippen molar-refractivity contribution in [2.24, 2.45) is 16.6 Å². The highest BCUT2D eigenvalue weighted by Gasteiger charge is 2.33. The van der Waals surface area contributed by atoms with Crippen LogP contribution in [0.25, 0.3) is 0 Å². The Morgan fingerprint density at radius 2 is 2.06 bits per heavy atom. The summed E-state index contributed by atoms with van der Waals surface area (Å²) in [5.41, 5.74) is 11.7. The number of hydrogen-bond acceptors (Lipinski definition) is 4. The molecule has 0 bridgehead atoms. The third-order valence-corrected chi connectivity index (χ3v) is 5.77. The number of hydrogen-bond donors (Lipinski definition) is 1. The minimum Gasteiger partial charge on any atom is -0.444 e. The molecule has 0 saturated carbocycles. The molecule has 1 fully saturated rings. The van der Waals surface area contributed by atoms with Crippen LogP contribution in [0.15, 0.2) is 64.0 Å². The zero-order valence-electron chi connectivity index (χ0n) is 21.0. The lowest BCUT2D eigenvalue weighted by molar-refractivity contribution is 0.00898. The van der Waals surface area contributed by atoms with Gasteiger partial charge in [0.2, 0.25) is 0 Å². The number of piperidine rings is 1. The predicted octanol–water partition coefficient (Wildman–Crippen LogP) is 6.45. The number of ether oxygens (including phenoxy) is 1. The van der Waals surface area contributed by atoms with E-state index in [0.29, 0.717) is 6.54 Å². The van der Waals surface area contributed by atoms with E-state index >= 15 is 0 Å². The van der Waals surface area contributed by atoms with Crippen LogP contribution in [0.1, 0.15) is 74.1 Å². The van der Waals surface area contributed by atoms with Gasteiger partial charge < -0.3 is 15.4 Å². The molecule has 0 aromatic rings. The Kier molecular flexibility index (Phi) is 8.71. The summed E-state index contributed by atoms with van der Waals surface area (Å²) < 4.78 is 5.59. The van der Waals surface area contributed by atoms with Crippen LogP contribution < -0.4 is 5.73 Å². The Labute approximate surface area is 194 Å². The molecular weight excluding hydrogens is 398 g/mol. The third-order valence-electron chi connectivity index (χ3n) is 5.77. The Morgan fingerprint density at radius 1 is 1.38 bits per heavy atom. The smallest absolute Gasteiger partial charge is 0.410 e. The highest BCUT2D eigenvalue weighted by atomic mass is 16.6. The first kappa shape index (κ1) is 25.7. The van der Waals surface area contributed by atoms with Gasteiger partial charge in [0.05, 0.1) is 17.1 Å². The van der Waals surface area contributed by atoms with Crippen LogP contribution in [0.4, 0.5) is 4.79 Å². The maximum absolute atomic E-state index is 12.6. The van der Waals surface area contributed by atoms with Crippen LogP contribution in [-0.4, -0.2) is 34.9 Å². The SMILES string of the molecule is C=C(C(C=C(C)C)=NC1=C(N)C(CC)=CCC=C1)C1CCN(C(=O)OC(C)(C)C)[C@H](C)C1. The Morgan fingerprint density at radius 3 is 2.62 bits per heavy atom. The van der Waals surface area contributed by atoms with E-state index in [1.165, 1.54) is 0 Å². The molecule has 1 aliphatic carbocycles. The maximum atomic E-state index is 12.6. The molecule has 1 heterocycles. The molecule has 176 valence electrons. The first-order valence-corrected chi connectivity index (χ1v) is 11.7. The molecule has 1 aliphatic heterocycles. The average molecular weight is 440 g/mol. The molecule has 0 aromatic heterocycles. The second-order valence-corrected chi connectivity index (χ2v) is 10.0. The van der Waals surface area contributed by atoms with Crippen molar-refractivity contribution in [3.63, 3.8) is 0 Å². The number of carbonyl (C=O) groups excluding carboxylic acids is 1. The molecule has 2 aliphatic rings. The van der Waals surface area contributed by atoms with Crippen LogP contribution >= 0.6 is 0 Å². The van der Waals surface area contributed by atoms with Gasteiger partial charge in [0.15, 0.2) is 0 Å². The summed E-state index contributed by atoms with van der Waals surface area (Å²) in [7, 11) is 0. The molecule has 0 aromatic carbocycles. The van der Waals surface area contributed by atoms with Crippen LogP contribution in [0.3, 0.4) is 0 Å². The highest BCUT2D eigenvalue weighted by molar-refractivity contribution is 6.09. The van der Waals surface area contributed by atoms with Gasteiger partial charge in [-0.15, -0.1) is 0 Å². The van der Waals surface area contributed by atoms with Gasteiger partial charge in [-0.25, -0.2) is 9.79 Å². The van der Waals surface area contributed by atoms with Crippen LogP contribution in [0.5, 0.6) is 0 Å². The first-order chi connectivity index (χ1) is 14.9. The number of rotatable bonds is 5. The average Bonchev–Trinajstić information content (AvgIpc) is 2.86. The Balaban J connectivity index is 2.26. The summed E-state index contributed by atoms with van der Waals surface area (Å²) in [6.45, 7) is 19.1. The molecule has 5 nitrogen and oxygen atoms in total. The zero-order chi connectivity index (χ0) is 24.1. The van der Waals surface area contributed by atoms with Crippen LogP contribution in [0, 0.1) is 5.92 Å². The largest absolute Gasteiger partial charge is 0.444 e. The number of likely N-dealkylation sites (tertiary alicyclic amines) is 1. The number of nitrogens with two attached hydrogens (primary N) is 1. The molecule has 1 unspecified atom stereocenters. The summed E-state index contributed by atoms with van der Waals surface area (Å²) in [6, 6.07) is 0.0741. The quantitative estimate of drug-likeness (QED) is 0.500. The molecule has 32 heavy (non-hydrogen) atoms. The van der Waals surface area contributed by atoms with Crippen molar-refractivity contribution in [1.82, 2.24) is 4.90 Å². The molecule has 1 saturated heterocycles. The second kappa shape index (κ2) is 10.8. The number of allylic oxidation sites excluding steroid dienone is 7. The van der Waals surface area contributed by atoms with Crippen LogP contribution in [-0.2, 0) is 4.74 Å². The summed E-state index contributed by atoms with van der Waals surface area (Å²) in [5.74, 6) is 0.246. The standard InChI is InChI=1S/C27H41N3O2/c1-9-21-12-10-11-13-23(25(21)28)29-24(16-18(2)3)20(5)22-14-15-30(19(4)17-22)26(31)32-27(6,7)8/h11-13,16,19,22H,5,9-10,14-15,17,28H2,1-4,6-8H3/t19-,22?/m1/s1. The van der Waals surface area contributed by atoms with Crippen molar-refractivity contribution in [3.05, 3.63) is 59.0 Å². The maximum Gasteiger partial charge on any atom is 0.410 e. The lowest BCUT2D eigenvalue weighted by Gasteiger charge is -2.39. The Hall–Kier alpha value is -2.56. The summed E-state index contributed by atoms with van der Waals surface area (Å²) in [5, 5.41) is 0. The van der Waals surface area contributed by atoms with Gasteiger partial charge in [0, 0.05) is 12.6 Å². The van der Waals surface area contributed by atoms with E-state index in [-0.39, 0.29) is 18.1 Å². The van der Waals surface area contributed by atoms with Gasteiger partial charge in [0.1, 0.15) is 5.60 Å². The summed E-state index contributed by atoms with van der Waals surface area (Å²) in [6.07, 6.45) is 11.5. The lowest BCUT2D eigenvalue weighted by Crippen LogP contribution is -2.47. The van der Waals surface area contributed by atoms with E-state index < -0.39 is 5.60 Å². The predicted molar refractivity (Wildman–Crippen MR) is 134 cm³/mol. The van der Waals surface area contributed by atoms with Gasteiger partial charge in [-0.2, -0.15) is 0 Å². The topological polar surface area (TPSA) is 67.9 Å². The van der Waals surface area contributed by atoms with Crippen molar-refractivity contribution < 1.29 is 9.53 Å². The van der Waals surface area contributed by atoms with Gasteiger partial charge in [-0.3, -0.25) is 0 Å². The fraction of sp³-hybridized carbons (Fsp3) is 0.556. The summed E-state index contributed by atoms with van der Waals surface area (Å²) in [4.78, 5) is 19.4. The van der Waals surface area contributed by atoms with E-state index in [2.05, 4.69) is 52.5 Å². The third kappa shape index (κ3) is 6.98. The van der Waals surface area contributed by atoms with Gasteiger partial charge in [0.25, 0.3) is 0 Å². The molecule has 2 atom stereocenters. The van der Waals surface area contributed by atoms with E-state index in [1.54, 1.807) is 0 Å². The minimum absolute atomic E-state index is 0.0741. The van der Waals surface area contributed by atoms with E-state index in [0.717, 1.165) is 59.5 Å². The highest BCUT2D eigenvalue weighted by Crippen LogP contribution is 2.31. The van der Waals surface area contributed by atoms with Crippen LogP contribution in [0.2, 0.25) is 0 Å². The van der Waals surface area contributed by atoms with Crippen molar-refractivity contribution >= 4 is 11.8 Å². The fourth-order valence-electron chi connectivity index (χ4n) is 4.08. The molecule has 0 spiro atoms. The molecule has 2 rings (SSSR count). The number of nitrogens with zero attached hydrogens (tertiary/aromatic N) is 2. The Bertz CT molecular complexity index is 877. The van der Waals surface area contributed by atoms with E-state index in [4.69, 9.17) is 15.5 Å². The van der Waals surface area contributed by atoms with Gasteiger partial charge in [-0.05, 0) is 96.4 Å². The van der Waals surface area contributed by atoms with Gasteiger partial charge in [-0.1, -0.05) is 31.2 Å². The fourth-order valence-corrected chi connectivity index (χ4v) is 4.08. The molecule has 2 N–H and O–H groups in total. The molecule has 1 amide bonds. The first-order valence-electron chi connectivity index (χ1n) is 11.7. The normalized spacial score (nSPS) is 22.3. The number of amides is 1. The molecular formula is C27H41N3O2. The van der Waals surface area contributed by atoms with Crippen molar-refractivity contribution in [1.29, 1.82) is 0 Å².